The number of pyridine rings is 1. The maximum absolute atomic E-state index is 13.2. The van der Waals surface area contributed by atoms with Crippen LogP contribution in [0.25, 0.3) is 10.6 Å². The lowest BCUT2D eigenvalue weighted by atomic mass is 10.1. The molecule has 14 nitrogen and oxygen atoms in total. The number of hydrogen-bond donors (Lipinski definition) is 4. The molecule has 0 bridgehead atoms. The van der Waals surface area contributed by atoms with E-state index in [1.165, 1.54) is 7.11 Å². The topological polar surface area (TPSA) is 181 Å². The van der Waals surface area contributed by atoms with Crippen molar-refractivity contribution in [2.45, 2.75) is 64.5 Å². The number of nitrogens with zero attached hydrogens (tertiary/aromatic N) is 3. The van der Waals surface area contributed by atoms with Gasteiger partial charge in [0.05, 0.1) is 7.11 Å². The molecule has 2 aliphatic rings. The van der Waals surface area contributed by atoms with Gasteiger partial charge in [-0.15, -0.1) is 16.4 Å². The van der Waals surface area contributed by atoms with Gasteiger partial charge in [0.15, 0.2) is 4.88 Å². The number of hydrogen-bond acceptors (Lipinski definition) is 11. The Morgan fingerprint density at radius 1 is 1.17 bits per heavy atom. The van der Waals surface area contributed by atoms with Crippen molar-refractivity contribution in [1.29, 1.82) is 0 Å². The van der Waals surface area contributed by atoms with Crippen LogP contribution in [0.1, 0.15) is 68.0 Å². The molecular weight excluding hydrogens is 554 g/mol. The normalized spacial score (nSPS) is 15.8. The average molecular weight is 588 g/mol. The Balaban J connectivity index is 1.37. The molecule has 1 aliphatic heterocycles. The summed E-state index contributed by atoms with van der Waals surface area (Å²) in [5.41, 5.74) is 2.98. The van der Waals surface area contributed by atoms with Crippen molar-refractivity contribution in [3.8, 4) is 16.5 Å². The molecule has 2 aromatic rings. The summed E-state index contributed by atoms with van der Waals surface area (Å²) in [5, 5.41) is 9.45. The minimum Gasteiger partial charge on any atom is -0.480 e. The van der Waals surface area contributed by atoms with E-state index >= 15 is 0 Å². The number of methoxy groups -OCH3 is 1. The molecule has 5 amide bonds. The fraction of sp³-hybridized carbons (Fsp3) is 0.500. The molecule has 1 saturated carbocycles. The lowest BCUT2D eigenvalue weighted by Crippen LogP contribution is -2.51. The first-order valence-electron chi connectivity index (χ1n) is 13.5. The minimum absolute atomic E-state index is 0.0308. The summed E-state index contributed by atoms with van der Waals surface area (Å²) in [6.07, 6.45) is 5.44. The highest BCUT2D eigenvalue weighted by Gasteiger charge is 2.30. The quantitative estimate of drug-likeness (QED) is 0.145. The number of carbonyl (C=O) groups is 5. The molecule has 41 heavy (non-hydrogen) atoms. The van der Waals surface area contributed by atoms with Crippen molar-refractivity contribution in [2.75, 3.05) is 19.0 Å². The van der Waals surface area contributed by atoms with Crippen LogP contribution in [0.5, 0.6) is 5.88 Å². The number of carbonyl (C=O) groups excluding carboxylic acids is 5. The van der Waals surface area contributed by atoms with Crippen molar-refractivity contribution in [2.24, 2.45) is 5.92 Å². The van der Waals surface area contributed by atoms with Gasteiger partial charge in [-0.25, -0.2) is 9.97 Å². The predicted molar refractivity (Wildman–Crippen MR) is 147 cm³/mol. The molecule has 2 fully saturated rings. The molecule has 0 radical (unpaired) electrons. The van der Waals surface area contributed by atoms with E-state index in [4.69, 9.17) is 9.68 Å². The lowest BCUT2D eigenvalue weighted by Gasteiger charge is -2.23. The van der Waals surface area contributed by atoms with Gasteiger partial charge in [0.2, 0.25) is 17.7 Å². The molecular formula is C26H33N7O7S. The van der Waals surface area contributed by atoms with E-state index < -0.39 is 29.8 Å². The highest BCUT2D eigenvalue weighted by Crippen LogP contribution is 2.34. The first-order valence-corrected chi connectivity index (χ1v) is 14.3. The zero-order valence-corrected chi connectivity index (χ0v) is 23.7. The molecule has 0 aromatic carbocycles. The Labute approximate surface area is 240 Å². The number of piperidine rings is 1. The van der Waals surface area contributed by atoms with E-state index in [0.29, 0.717) is 34.3 Å². The Hall–Kier alpha value is -3.95. The largest absolute Gasteiger partial charge is 0.480 e. The zero-order valence-electron chi connectivity index (χ0n) is 22.9. The summed E-state index contributed by atoms with van der Waals surface area (Å²) >= 11 is 1.10. The average Bonchev–Trinajstić information content (AvgIpc) is 3.72. The number of anilines is 1. The Morgan fingerprint density at radius 3 is 2.61 bits per heavy atom. The van der Waals surface area contributed by atoms with Crippen LogP contribution >= 0.6 is 11.3 Å². The van der Waals surface area contributed by atoms with Crippen LogP contribution in [0.15, 0.2) is 18.3 Å². The first-order chi connectivity index (χ1) is 19.8. The summed E-state index contributed by atoms with van der Waals surface area (Å²) < 4.78 is 5.35. The number of rotatable bonds is 14. The van der Waals surface area contributed by atoms with Crippen LogP contribution in [0, 0.1) is 5.92 Å². The first kappa shape index (κ1) is 30.0. The predicted octanol–water partition coefficient (Wildman–Crippen LogP) is 1.90. The third kappa shape index (κ3) is 8.28. The summed E-state index contributed by atoms with van der Waals surface area (Å²) in [5.74, 6) is -1.49. The third-order valence-electron chi connectivity index (χ3n) is 6.31. The molecule has 1 unspecified atom stereocenters. The van der Waals surface area contributed by atoms with Crippen molar-refractivity contribution in [3.63, 3.8) is 0 Å². The fourth-order valence-corrected chi connectivity index (χ4v) is 4.91. The van der Waals surface area contributed by atoms with Crippen LogP contribution in [-0.2, 0) is 24.1 Å². The number of hydroxylamine groups is 3. The minimum atomic E-state index is -0.713. The van der Waals surface area contributed by atoms with Gasteiger partial charge in [0.25, 0.3) is 17.7 Å². The van der Waals surface area contributed by atoms with Crippen LogP contribution in [0.3, 0.4) is 0 Å². The van der Waals surface area contributed by atoms with Gasteiger partial charge in [0.1, 0.15) is 23.5 Å². The number of unbranched alkanes of at least 4 members (excludes halogenated alkanes) is 1. The number of nitrogens with one attached hydrogen (secondary N) is 4. The molecule has 3 heterocycles. The van der Waals surface area contributed by atoms with Crippen molar-refractivity contribution >= 4 is 46.7 Å². The van der Waals surface area contributed by atoms with Gasteiger partial charge < -0.3 is 20.7 Å². The van der Waals surface area contributed by atoms with E-state index in [1.807, 2.05) is 6.92 Å². The molecule has 0 spiro atoms. The van der Waals surface area contributed by atoms with Crippen molar-refractivity contribution < 1.29 is 33.6 Å². The van der Waals surface area contributed by atoms with E-state index in [0.717, 1.165) is 37.0 Å². The molecule has 2 aromatic heterocycles. The number of imide groups is 1. The second-order valence-corrected chi connectivity index (χ2v) is 10.6. The van der Waals surface area contributed by atoms with Gasteiger partial charge in [0, 0.05) is 30.5 Å². The summed E-state index contributed by atoms with van der Waals surface area (Å²) in [7, 11) is 1.41. The van der Waals surface area contributed by atoms with Crippen LogP contribution in [0.2, 0.25) is 0 Å². The van der Waals surface area contributed by atoms with Gasteiger partial charge >= 0.3 is 0 Å². The lowest BCUT2D eigenvalue weighted by molar-refractivity contribution is -0.219. The second kappa shape index (κ2) is 14.1. The van der Waals surface area contributed by atoms with Crippen molar-refractivity contribution in [3.05, 3.63) is 23.2 Å². The van der Waals surface area contributed by atoms with E-state index in [-0.39, 0.29) is 42.0 Å². The summed E-state index contributed by atoms with van der Waals surface area (Å²) in [4.78, 5) is 75.4. The van der Waals surface area contributed by atoms with Gasteiger partial charge in [-0.1, -0.05) is 13.3 Å². The van der Waals surface area contributed by atoms with Crippen LogP contribution in [0.4, 0.5) is 5.82 Å². The monoisotopic (exact) mass is 587 g/mol. The molecule has 15 heteroatoms. The molecule has 4 N–H and O–H groups in total. The summed E-state index contributed by atoms with van der Waals surface area (Å²) in [6, 6.07) is 3.40. The second-order valence-electron chi connectivity index (χ2n) is 9.63. The van der Waals surface area contributed by atoms with Gasteiger partial charge in [-0.2, -0.15) is 10.4 Å². The van der Waals surface area contributed by atoms with E-state index in [2.05, 4.69) is 31.4 Å². The fourth-order valence-electron chi connectivity index (χ4n) is 3.97. The molecule has 220 valence electrons. The maximum atomic E-state index is 13.2. The maximum Gasteiger partial charge on any atom is 0.268 e. The Bertz CT molecular complexity index is 1280. The zero-order chi connectivity index (χ0) is 29.4. The molecule has 4 rings (SSSR count). The highest BCUT2D eigenvalue weighted by atomic mass is 32.1. The number of ether oxygens (including phenoxy) is 1. The third-order valence-corrected chi connectivity index (χ3v) is 7.40. The SMILES string of the molecule is CCCCC(NC(=O)CNON1C(=O)CCCC1=O)NC(=O)c1sc(-c2ccnc(NC(=O)C3CC3)c2)nc1OC. The number of aromatic nitrogens is 2. The van der Waals surface area contributed by atoms with Crippen LogP contribution in [-0.4, -0.2) is 64.4 Å². The van der Waals surface area contributed by atoms with E-state index in [9.17, 15) is 24.0 Å². The smallest absolute Gasteiger partial charge is 0.268 e. The number of amides is 5. The van der Waals surface area contributed by atoms with Crippen LogP contribution < -0.4 is 26.2 Å². The molecule has 1 saturated heterocycles. The Morgan fingerprint density at radius 2 is 1.93 bits per heavy atom. The molecule has 1 atom stereocenters. The highest BCUT2D eigenvalue weighted by molar-refractivity contribution is 7.17. The van der Waals surface area contributed by atoms with Gasteiger partial charge in [-0.3, -0.25) is 24.0 Å². The van der Waals surface area contributed by atoms with Crippen molar-refractivity contribution in [1.82, 2.24) is 31.1 Å². The van der Waals surface area contributed by atoms with Gasteiger partial charge in [-0.05, 0) is 44.2 Å². The van der Waals surface area contributed by atoms with E-state index in [1.54, 1.807) is 18.3 Å². The summed E-state index contributed by atoms with van der Waals surface area (Å²) in [6.45, 7) is 1.63. The number of thiazole rings is 1. The standard InChI is InChI=1S/C26H33N7O7S/c1-3-4-6-17(29-19(34)14-28-40-33-20(35)7-5-8-21(33)36)30-24(38)22-25(39-2)32-26(41-22)16-11-12-27-18(13-16)31-23(37)15-9-10-15/h11-13,15,17,28H,3-10,14H2,1-2H3,(H,29,34)(H,30,38)(H,27,31,37). The molecule has 1 aliphatic carbocycles. The Kier molecular flexibility index (Phi) is 10.3.